The second kappa shape index (κ2) is 4.36. The molecule has 0 amide bonds. The molecule has 0 aromatic heterocycles. The monoisotopic (exact) mass is 227 g/mol. The van der Waals surface area contributed by atoms with Gasteiger partial charge in [-0.25, -0.2) is 0 Å². The summed E-state index contributed by atoms with van der Waals surface area (Å²) in [6, 6.07) is 0.236. The minimum Gasteiger partial charge on any atom is -0.465 e. The molecular weight excluding hydrogens is 202 g/mol. The Morgan fingerprint density at radius 2 is 1.75 bits per heavy atom. The van der Waals surface area contributed by atoms with Gasteiger partial charge < -0.3 is 10.1 Å². The molecule has 1 aliphatic carbocycles. The van der Waals surface area contributed by atoms with Crippen molar-refractivity contribution in [1.82, 2.24) is 5.32 Å². The lowest BCUT2D eigenvalue weighted by Crippen LogP contribution is -2.41. The van der Waals surface area contributed by atoms with E-state index in [1.807, 2.05) is 13.8 Å². The molecule has 0 saturated heterocycles. The zero-order valence-electron chi connectivity index (χ0n) is 11.4. The number of hydrogen-bond donors (Lipinski definition) is 1. The van der Waals surface area contributed by atoms with Crippen LogP contribution in [0.2, 0.25) is 0 Å². The van der Waals surface area contributed by atoms with Gasteiger partial charge >= 0.3 is 5.97 Å². The molecule has 1 atom stereocenters. The van der Waals surface area contributed by atoms with Crippen LogP contribution in [-0.2, 0) is 9.53 Å². The number of carbonyl (C=O) groups excluding carboxylic acids is 1. The van der Waals surface area contributed by atoms with Crippen LogP contribution in [0.15, 0.2) is 0 Å². The Kier molecular flexibility index (Phi) is 3.68. The molecule has 94 valence electrons. The normalized spacial score (nSPS) is 23.9. The Bertz CT molecular complexity index is 257. The van der Waals surface area contributed by atoms with E-state index in [1.165, 1.54) is 0 Å². The van der Waals surface area contributed by atoms with Gasteiger partial charge in [0, 0.05) is 6.04 Å². The smallest absolute Gasteiger partial charge is 0.323 e. The van der Waals surface area contributed by atoms with Gasteiger partial charge in [-0.05, 0) is 24.2 Å². The third kappa shape index (κ3) is 2.10. The molecule has 0 aromatic rings. The van der Waals surface area contributed by atoms with Crippen molar-refractivity contribution in [2.75, 3.05) is 6.61 Å². The van der Waals surface area contributed by atoms with Gasteiger partial charge in [0.25, 0.3) is 0 Å². The summed E-state index contributed by atoms with van der Waals surface area (Å²) in [5.74, 6) is -0.122. The molecule has 1 saturated carbocycles. The average Bonchev–Trinajstić information content (AvgIpc) is 2.55. The van der Waals surface area contributed by atoms with Crippen molar-refractivity contribution >= 4 is 5.97 Å². The van der Waals surface area contributed by atoms with Crippen LogP contribution in [0.25, 0.3) is 0 Å². The highest BCUT2D eigenvalue weighted by molar-refractivity contribution is 5.75. The van der Waals surface area contributed by atoms with E-state index < -0.39 is 0 Å². The van der Waals surface area contributed by atoms with E-state index in [-0.39, 0.29) is 22.8 Å². The molecule has 16 heavy (non-hydrogen) atoms. The molecule has 0 spiro atoms. The summed E-state index contributed by atoms with van der Waals surface area (Å²) in [5, 5.41) is 3.43. The largest absolute Gasteiger partial charge is 0.465 e. The van der Waals surface area contributed by atoms with Crippen molar-refractivity contribution in [2.24, 2.45) is 10.8 Å². The van der Waals surface area contributed by atoms with Gasteiger partial charge in [0.05, 0.1) is 6.61 Å². The molecule has 0 heterocycles. The summed E-state index contributed by atoms with van der Waals surface area (Å²) in [6.45, 7) is 13.3. The van der Waals surface area contributed by atoms with E-state index in [9.17, 15) is 4.79 Å². The molecule has 0 radical (unpaired) electrons. The lowest BCUT2D eigenvalue weighted by atomic mass is 10.0. The minimum absolute atomic E-state index is 0.122. The summed E-state index contributed by atoms with van der Waals surface area (Å²) in [6.07, 6.45) is 0.779. The lowest BCUT2D eigenvalue weighted by molar-refractivity contribution is -0.145. The Morgan fingerprint density at radius 1 is 1.25 bits per heavy atom. The maximum Gasteiger partial charge on any atom is 0.323 e. The summed E-state index contributed by atoms with van der Waals surface area (Å²) >= 11 is 0. The molecule has 1 aliphatic rings. The van der Waals surface area contributed by atoms with Crippen LogP contribution in [0.5, 0.6) is 0 Å². The quantitative estimate of drug-likeness (QED) is 0.733. The first kappa shape index (κ1) is 13.5. The first-order valence-electron chi connectivity index (χ1n) is 6.21. The maximum atomic E-state index is 11.7. The van der Waals surface area contributed by atoms with Crippen LogP contribution < -0.4 is 5.32 Å². The van der Waals surface area contributed by atoms with Gasteiger partial charge in [-0.2, -0.15) is 0 Å². The maximum absolute atomic E-state index is 11.7. The fourth-order valence-corrected chi connectivity index (χ4v) is 2.41. The van der Waals surface area contributed by atoms with Crippen molar-refractivity contribution in [3.05, 3.63) is 0 Å². The molecule has 3 heteroatoms. The number of rotatable bonds is 5. The van der Waals surface area contributed by atoms with Crippen molar-refractivity contribution in [3.8, 4) is 0 Å². The minimum atomic E-state index is -0.161. The van der Waals surface area contributed by atoms with Gasteiger partial charge in [0.2, 0.25) is 0 Å². The predicted molar refractivity (Wildman–Crippen MR) is 65.2 cm³/mol. The number of ether oxygens (including phenoxy) is 1. The van der Waals surface area contributed by atoms with Crippen molar-refractivity contribution in [3.63, 3.8) is 0 Å². The molecule has 1 fully saturated rings. The molecule has 0 aliphatic heterocycles. The Labute approximate surface area is 98.9 Å². The van der Waals surface area contributed by atoms with Crippen LogP contribution in [0.3, 0.4) is 0 Å². The standard InChI is InChI=1S/C13H25NO2/c1-7-9(10(15)16-8-2)14-11-12(3,4)13(11,5)6/h9,11,14H,7-8H2,1-6H3. The van der Waals surface area contributed by atoms with Crippen LogP contribution in [-0.4, -0.2) is 24.7 Å². The predicted octanol–water partition coefficient (Wildman–Crippen LogP) is 2.35. The summed E-state index contributed by atoms with van der Waals surface area (Å²) < 4.78 is 5.06. The SMILES string of the molecule is CCOC(=O)C(CC)NC1C(C)(C)C1(C)C. The highest BCUT2D eigenvalue weighted by Gasteiger charge is 2.65. The van der Waals surface area contributed by atoms with Gasteiger partial charge in [0.1, 0.15) is 6.04 Å². The molecule has 1 N–H and O–H groups in total. The molecule has 3 nitrogen and oxygen atoms in total. The highest BCUT2D eigenvalue weighted by atomic mass is 16.5. The van der Waals surface area contributed by atoms with Gasteiger partial charge in [-0.1, -0.05) is 34.6 Å². The second-order valence-electron chi connectivity index (χ2n) is 5.76. The van der Waals surface area contributed by atoms with E-state index in [2.05, 4.69) is 33.0 Å². The molecule has 0 aromatic carbocycles. The van der Waals surface area contributed by atoms with E-state index in [4.69, 9.17) is 4.74 Å². The van der Waals surface area contributed by atoms with Gasteiger partial charge in [0.15, 0.2) is 0 Å². The summed E-state index contributed by atoms with van der Waals surface area (Å²) in [4.78, 5) is 11.7. The molecule has 0 bridgehead atoms. The van der Waals surface area contributed by atoms with Crippen molar-refractivity contribution < 1.29 is 9.53 Å². The third-order valence-electron chi connectivity index (χ3n) is 4.37. The zero-order chi connectivity index (χ0) is 12.6. The fraction of sp³-hybridized carbons (Fsp3) is 0.923. The number of hydrogen-bond acceptors (Lipinski definition) is 3. The lowest BCUT2D eigenvalue weighted by Gasteiger charge is -2.16. The Balaban J connectivity index is 2.57. The Hall–Kier alpha value is -0.570. The Morgan fingerprint density at radius 3 is 2.06 bits per heavy atom. The molecular formula is C13H25NO2. The van der Waals surface area contributed by atoms with E-state index in [1.54, 1.807) is 0 Å². The van der Waals surface area contributed by atoms with Crippen LogP contribution in [0, 0.1) is 10.8 Å². The van der Waals surface area contributed by atoms with E-state index >= 15 is 0 Å². The average molecular weight is 227 g/mol. The van der Waals surface area contributed by atoms with Crippen LogP contribution >= 0.6 is 0 Å². The summed E-state index contributed by atoms with van der Waals surface area (Å²) in [7, 11) is 0. The number of carbonyl (C=O) groups is 1. The van der Waals surface area contributed by atoms with Crippen molar-refractivity contribution in [1.29, 1.82) is 0 Å². The highest BCUT2D eigenvalue weighted by Crippen LogP contribution is 2.62. The van der Waals surface area contributed by atoms with E-state index in [0.29, 0.717) is 12.6 Å². The summed E-state index contributed by atoms with van der Waals surface area (Å²) in [5.41, 5.74) is 0.514. The van der Waals surface area contributed by atoms with Crippen LogP contribution in [0.1, 0.15) is 48.0 Å². The molecule has 1 rings (SSSR count). The van der Waals surface area contributed by atoms with Crippen LogP contribution in [0.4, 0.5) is 0 Å². The fourth-order valence-electron chi connectivity index (χ4n) is 2.41. The first-order chi connectivity index (χ1) is 7.29. The van der Waals surface area contributed by atoms with Gasteiger partial charge in [-0.15, -0.1) is 0 Å². The van der Waals surface area contributed by atoms with Gasteiger partial charge in [-0.3, -0.25) is 4.79 Å². The third-order valence-corrected chi connectivity index (χ3v) is 4.37. The van der Waals surface area contributed by atoms with E-state index in [0.717, 1.165) is 6.42 Å². The number of nitrogens with one attached hydrogen (secondary N) is 1. The van der Waals surface area contributed by atoms with Crippen molar-refractivity contribution in [2.45, 2.75) is 60.0 Å². The zero-order valence-corrected chi connectivity index (χ0v) is 11.4. The molecule has 1 unspecified atom stereocenters. The topological polar surface area (TPSA) is 38.3 Å². The second-order valence-corrected chi connectivity index (χ2v) is 5.76. The first-order valence-corrected chi connectivity index (χ1v) is 6.21. The number of esters is 1.